The number of aliphatic hydroxyl groups is 1. The molecule has 1 aromatic heterocycles. The van der Waals surface area contributed by atoms with Crippen molar-refractivity contribution < 1.29 is 5.11 Å². The van der Waals surface area contributed by atoms with Gasteiger partial charge in [-0.1, -0.05) is 29.3 Å². The molecule has 1 N–H and O–H groups in total. The Hall–Kier alpha value is -1.09. The van der Waals surface area contributed by atoms with Crippen LogP contribution in [0.2, 0.25) is 10.0 Å². The van der Waals surface area contributed by atoms with Gasteiger partial charge in [0.2, 0.25) is 0 Å². The second-order valence-electron chi connectivity index (χ2n) is 4.12. The van der Waals surface area contributed by atoms with Crippen LogP contribution in [0.25, 0.3) is 0 Å². The fourth-order valence-corrected chi connectivity index (χ4v) is 2.38. The lowest BCUT2D eigenvalue weighted by atomic mass is 10.0. The Kier molecular flexibility index (Phi) is 4.59. The van der Waals surface area contributed by atoms with Crippen molar-refractivity contribution in [1.29, 1.82) is 0 Å². The van der Waals surface area contributed by atoms with Gasteiger partial charge < -0.3 is 5.11 Å². The molecule has 0 aliphatic carbocycles. The Morgan fingerprint density at radius 2 is 1.61 bits per heavy atom. The van der Waals surface area contributed by atoms with E-state index in [9.17, 15) is 5.11 Å². The third kappa shape index (κ3) is 3.45. The molecule has 0 bridgehead atoms. The van der Waals surface area contributed by atoms with Gasteiger partial charge in [0, 0.05) is 28.9 Å². The Labute approximate surface area is 116 Å². The molecule has 1 unspecified atom stereocenters. The van der Waals surface area contributed by atoms with Gasteiger partial charge in [0.15, 0.2) is 0 Å². The van der Waals surface area contributed by atoms with E-state index in [-0.39, 0.29) is 0 Å². The van der Waals surface area contributed by atoms with E-state index in [1.807, 2.05) is 12.1 Å². The number of aromatic nitrogens is 1. The fraction of sp³-hybridized carbons (Fsp3) is 0.214. The lowest BCUT2D eigenvalue weighted by Gasteiger charge is -2.13. The Morgan fingerprint density at radius 3 is 2.22 bits per heavy atom. The molecular weight excluding hydrogens is 269 g/mol. The van der Waals surface area contributed by atoms with Crippen LogP contribution in [0.15, 0.2) is 42.7 Å². The standard InChI is InChI=1S/C14H13Cl2NO/c15-13-2-1-3-14(16)12(13)9-11(18)8-10-4-6-17-7-5-10/h1-7,11,18H,8-9H2. The zero-order valence-corrected chi connectivity index (χ0v) is 11.2. The number of benzene rings is 1. The molecular formula is C14H13Cl2NO. The summed E-state index contributed by atoms with van der Waals surface area (Å²) >= 11 is 12.1. The van der Waals surface area contributed by atoms with Crippen LogP contribution in [0.4, 0.5) is 0 Å². The molecule has 2 aromatic rings. The topological polar surface area (TPSA) is 33.1 Å². The minimum atomic E-state index is -0.509. The molecule has 1 heterocycles. The number of hydrogen-bond donors (Lipinski definition) is 1. The normalized spacial score (nSPS) is 12.4. The molecule has 0 saturated carbocycles. The van der Waals surface area contributed by atoms with Gasteiger partial charge >= 0.3 is 0 Å². The first-order chi connectivity index (χ1) is 8.66. The molecule has 0 saturated heterocycles. The van der Waals surface area contributed by atoms with E-state index in [0.29, 0.717) is 22.9 Å². The van der Waals surface area contributed by atoms with Crippen LogP contribution in [0.3, 0.4) is 0 Å². The molecule has 2 rings (SSSR count). The summed E-state index contributed by atoms with van der Waals surface area (Å²) in [6.45, 7) is 0. The summed E-state index contributed by atoms with van der Waals surface area (Å²) in [4.78, 5) is 3.94. The number of halogens is 2. The molecule has 0 spiro atoms. The molecule has 1 atom stereocenters. The van der Waals surface area contributed by atoms with Gasteiger partial charge in [-0.15, -0.1) is 0 Å². The summed E-state index contributed by atoms with van der Waals surface area (Å²) in [6.07, 6.45) is 3.92. The maximum atomic E-state index is 10.1. The van der Waals surface area contributed by atoms with E-state index in [0.717, 1.165) is 11.1 Å². The van der Waals surface area contributed by atoms with Crippen molar-refractivity contribution in [2.24, 2.45) is 0 Å². The minimum absolute atomic E-state index is 0.445. The summed E-state index contributed by atoms with van der Waals surface area (Å²) in [5.41, 5.74) is 1.84. The molecule has 0 aliphatic heterocycles. The van der Waals surface area contributed by atoms with Crippen LogP contribution >= 0.6 is 23.2 Å². The predicted octanol–water partition coefficient (Wildman–Crippen LogP) is 3.53. The first-order valence-corrected chi connectivity index (χ1v) is 6.42. The van der Waals surface area contributed by atoms with Crippen molar-refractivity contribution in [3.63, 3.8) is 0 Å². The van der Waals surface area contributed by atoms with Crippen LogP contribution in [-0.2, 0) is 12.8 Å². The first-order valence-electron chi connectivity index (χ1n) is 5.66. The summed E-state index contributed by atoms with van der Waals surface area (Å²) in [5, 5.41) is 11.3. The summed E-state index contributed by atoms with van der Waals surface area (Å²) in [6, 6.07) is 9.13. The first kappa shape index (κ1) is 13.3. The quantitative estimate of drug-likeness (QED) is 0.930. The van der Waals surface area contributed by atoms with Crippen molar-refractivity contribution >= 4 is 23.2 Å². The highest BCUT2D eigenvalue weighted by Gasteiger charge is 2.12. The molecule has 1 aromatic carbocycles. The van der Waals surface area contributed by atoms with Gasteiger partial charge in [-0.2, -0.15) is 0 Å². The summed E-state index contributed by atoms with van der Waals surface area (Å²) in [5.74, 6) is 0. The van der Waals surface area contributed by atoms with Gasteiger partial charge in [0.25, 0.3) is 0 Å². The van der Waals surface area contributed by atoms with Crippen molar-refractivity contribution in [2.75, 3.05) is 0 Å². The highest BCUT2D eigenvalue weighted by atomic mass is 35.5. The van der Waals surface area contributed by atoms with Crippen molar-refractivity contribution in [3.05, 3.63) is 63.9 Å². The number of rotatable bonds is 4. The zero-order chi connectivity index (χ0) is 13.0. The highest BCUT2D eigenvalue weighted by molar-refractivity contribution is 6.35. The average Bonchev–Trinajstić information content (AvgIpc) is 2.35. The van der Waals surface area contributed by atoms with E-state index < -0.39 is 6.10 Å². The SMILES string of the molecule is OC(Cc1ccncc1)Cc1c(Cl)cccc1Cl. The maximum absolute atomic E-state index is 10.1. The molecule has 0 aliphatic rings. The highest BCUT2D eigenvalue weighted by Crippen LogP contribution is 2.26. The van der Waals surface area contributed by atoms with Gasteiger partial charge in [-0.25, -0.2) is 0 Å². The summed E-state index contributed by atoms with van der Waals surface area (Å²) in [7, 11) is 0. The predicted molar refractivity (Wildman–Crippen MR) is 74.1 cm³/mol. The van der Waals surface area contributed by atoms with Crippen LogP contribution in [0.1, 0.15) is 11.1 Å². The Balaban J connectivity index is 2.06. The number of nitrogens with zero attached hydrogens (tertiary/aromatic N) is 1. The van der Waals surface area contributed by atoms with Crippen LogP contribution < -0.4 is 0 Å². The third-order valence-electron chi connectivity index (χ3n) is 2.72. The van der Waals surface area contributed by atoms with Crippen LogP contribution in [0, 0.1) is 0 Å². The van der Waals surface area contributed by atoms with Crippen molar-refractivity contribution in [2.45, 2.75) is 18.9 Å². The van der Waals surface area contributed by atoms with Gasteiger partial charge in [-0.05, 0) is 41.8 Å². The second kappa shape index (κ2) is 6.19. The lowest BCUT2D eigenvalue weighted by molar-refractivity contribution is 0.175. The Morgan fingerprint density at radius 1 is 1.00 bits per heavy atom. The second-order valence-corrected chi connectivity index (χ2v) is 4.93. The monoisotopic (exact) mass is 281 g/mol. The molecule has 2 nitrogen and oxygen atoms in total. The van der Waals surface area contributed by atoms with Gasteiger partial charge in [0.1, 0.15) is 0 Å². The van der Waals surface area contributed by atoms with E-state index in [1.165, 1.54) is 0 Å². The van der Waals surface area contributed by atoms with E-state index >= 15 is 0 Å². The van der Waals surface area contributed by atoms with Crippen LogP contribution in [0.5, 0.6) is 0 Å². The third-order valence-corrected chi connectivity index (χ3v) is 3.43. The molecule has 0 fully saturated rings. The molecule has 0 amide bonds. The van der Waals surface area contributed by atoms with Gasteiger partial charge in [0.05, 0.1) is 6.10 Å². The number of aliphatic hydroxyl groups excluding tert-OH is 1. The van der Waals surface area contributed by atoms with Crippen molar-refractivity contribution in [3.8, 4) is 0 Å². The fourth-order valence-electron chi connectivity index (χ4n) is 1.83. The van der Waals surface area contributed by atoms with E-state index in [1.54, 1.807) is 30.6 Å². The summed E-state index contributed by atoms with van der Waals surface area (Å²) < 4.78 is 0. The minimum Gasteiger partial charge on any atom is -0.392 e. The zero-order valence-electron chi connectivity index (χ0n) is 9.68. The molecule has 4 heteroatoms. The smallest absolute Gasteiger partial charge is 0.0621 e. The average molecular weight is 282 g/mol. The van der Waals surface area contributed by atoms with E-state index in [2.05, 4.69) is 4.98 Å². The van der Waals surface area contributed by atoms with Crippen molar-refractivity contribution in [1.82, 2.24) is 4.98 Å². The maximum Gasteiger partial charge on any atom is 0.0621 e. The Bertz CT molecular complexity index is 496. The lowest BCUT2D eigenvalue weighted by Crippen LogP contribution is -2.14. The van der Waals surface area contributed by atoms with E-state index in [4.69, 9.17) is 23.2 Å². The van der Waals surface area contributed by atoms with Crippen LogP contribution in [-0.4, -0.2) is 16.2 Å². The molecule has 0 radical (unpaired) electrons. The van der Waals surface area contributed by atoms with Gasteiger partial charge in [-0.3, -0.25) is 4.98 Å². The number of hydrogen-bond acceptors (Lipinski definition) is 2. The molecule has 94 valence electrons. The largest absolute Gasteiger partial charge is 0.392 e. The number of pyridine rings is 1. The molecule has 18 heavy (non-hydrogen) atoms.